The Bertz CT molecular complexity index is 1500. The molecule has 2 atom stereocenters. The highest BCUT2D eigenvalue weighted by Gasteiger charge is 2.25. The van der Waals surface area contributed by atoms with Gasteiger partial charge in [-0.1, -0.05) is 98.8 Å². The first-order valence-electron chi connectivity index (χ1n) is 15.2. The third-order valence-electron chi connectivity index (χ3n) is 8.85. The maximum Gasteiger partial charge on any atom is 0.306 e. The van der Waals surface area contributed by atoms with E-state index in [1.54, 1.807) is 0 Å². The minimum Gasteiger partial charge on any atom is -0.466 e. The van der Waals surface area contributed by atoms with Crippen molar-refractivity contribution in [1.82, 2.24) is 0 Å². The predicted molar refractivity (Wildman–Crippen MR) is 167 cm³/mol. The number of benzene rings is 4. The van der Waals surface area contributed by atoms with Gasteiger partial charge in [-0.3, -0.25) is 9.59 Å². The van der Waals surface area contributed by atoms with Gasteiger partial charge in [0.25, 0.3) is 0 Å². The van der Waals surface area contributed by atoms with Crippen molar-refractivity contribution in [2.24, 2.45) is 0 Å². The van der Waals surface area contributed by atoms with Crippen LogP contribution in [0.1, 0.15) is 84.7 Å². The Balaban J connectivity index is 0.908. The Morgan fingerprint density at radius 2 is 0.976 bits per heavy atom. The zero-order valence-electron chi connectivity index (χ0n) is 24.5. The lowest BCUT2D eigenvalue weighted by Crippen LogP contribution is -2.13. The van der Waals surface area contributed by atoms with Gasteiger partial charge in [0.05, 0.1) is 26.1 Å². The number of carbonyl (C=O) groups is 2. The fourth-order valence-corrected chi connectivity index (χ4v) is 6.70. The number of esters is 2. The summed E-state index contributed by atoms with van der Waals surface area (Å²) in [5.41, 5.74) is 13.0. The van der Waals surface area contributed by atoms with Crippen LogP contribution in [0.2, 0.25) is 0 Å². The molecule has 0 fully saturated rings. The number of hydrogen-bond donors (Lipinski definition) is 0. The van der Waals surface area contributed by atoms with E-state index in [9.17, 15) is 9.59 Å². The molecule has 0 heterocycles. The Kier molecular flexibility index (Phi) is 8.23. The first-order valence-corrected chi connectivity index (χ1v) is 15.2. The van der Waals surface area contributed by atoms with E-state index < -0.39 is 0 Å². The van der Waals surface area contributed by atoms with Crippen LogP contribution in [-0.4, -0.2) is 25.2 Å². The van der Waals surface area contributed by atoms with Gasteiger partial charge in [0.2, 0.25) is 0 Å². The van der Waals surface area contributed by atoms with E-state index in [0.29, 0.717) is 38.9 Å². The van der Waals surface area contributed by atoms with Crippen LogP contribution in [0.3, 0.4) is 0 Å². The minimum atomic E-state index is -0.182. The van der Waals surface area contributed by atoms with Crippen molar-refractivity contribution in [2.45, 2.75) is 64.2 Å². The van der Waals surface area contributed by atoms with Gasteiger partial charge >= 0.3 is 11.9 Å². The van der Waals surface area contributed by atoms with Gasteiger partial charge in [0, 0.05) is 0 Å². The fraction of sp³-hybridized carbons (Fsp3) is 0.316. The number of carbonyl (C=O) groups excluding carboxylic acids is 2. The van der Waals surface area contributed by atoms with Crippen molar-refractivity contribution in [3.05, 3.63) is 118 Å². The highest BCUT2D eigenvalue weighted by Crippen LogP contribution is 2.42. The molecule has 4 aromatic carbocycles. The minimum absolute atomic E-state index is 0.0877. The SMILES string of the molecule is CC(CC(=O)OCCCCOC(=O)CC(C)c1cccc2c1Cc1ccccc1-2)c1cccc2c1Cc1ccccc1-2. The summed E-state index contributed by atoms with van der Waals surface area (Å²) in [7, 11) is 0. The number of unbranched alkanes of at least 4 members (excludes halogenated alkanes) is 1. The molecule has 0 N–H and O–H groups in total. The summed E-state index contributed by atoms with van der Waals surface area (Å²) in [4.78, 5) is 25.2. The smallest absolute Gasteiger partial charge is 0.306 e. The topological polar surface area (TPSA) is 52.6 Å². The summed E-state index contributed by atoms with van der Waals surface area (Å²) in [6.07, 6.45) is 3.88. The lowest BCUT2D eigenvalue weighted by atomic mass is 9.90. The summed E-state index contributed by atoms with van der Waals surface area (Å²) < 4.78 is 11.1. The molecule has 2 unspecified atom stereocenters. The molecule has 2 aliphatic carbocycles. The summed E-state index contributed by atoms with van der Waals surface area (Å²) in [6.45, 7) is 4.88. The van der Waals surface area contributed by atoms with Gasteiger partial charge in [0.15, 0.2) is 0 Å². The second-order valence-corrected chi connectivity index (χ2v) is 11.8. The van der Waals surface area contributed by atoms with Crippen molar-refractivity contribution in [2.75, 3.05) is 13.2 Å². The van der Waals surface area contributed by atoms with Gasteiger partial charge in [-0.2, -0.15) is 0 Å². The molecule has 0 bridgehead atoms. The Labute approximate surface area is 248 Å². The maximum absolute atomic E-state index is 12.6. The largest absolute Gasteiger partial charge is 0.466 e. The van der Waals surface area contributed by atoms with Crippen molar-refractivity contribution >= 4 is 11.9 Å². The summed E-state index contributed by atoms with van der Waals surface area (Å²) in [6, 6.07) is 29.9. The lowest BCUT2D eigenvalue weighted by molar-refractivity contribution is -0.146. The molecule has 42 heavy (non-hydrogen) atoms. The highest BCUT2D eigenvalue weighted by atomic mass is 16.5. The summed E-state index contributed by atoms with van der Waals surface area (Å²) in [5, 5.41) is 0. The molecule has 2 aliphatic rings. The van der Waals surface area contributed by atoms with Crippen LogP contribution < -0.4 is 0 Å². The van der Waals surface area contributed by atoms with E-state index in [2.05, 4.69) is 98.8 Å². The first-order chi connectivity index (χ1) is 20.5. The molecule has 4 aromatic rings. The van der Waals surface area contributed by atoms with E-state index in [1.165, 1.54) is 55.6 Å². The molecule has 0 spiro atoms. The number of hydrogen-bond acceptors (Lipinski definition) is 4. The Hall–Kier alpha value is -4.18. The van der Waals surface area contributed by atoms with Crippen LogP contribution in [0.5, 0.6) is 0 Å². The molecular formula is C38H38O4. The second-order valence-electron chi connectivity index (χ2n) is 11.8. The average Bonchev–Trinajstić information content (AvgIpc) is 3.57. The van der Waals surface area contributed by atoms with Crippen molar-refractivity contribution in [1.29, 1.82) is 0 Å². The van der Waals surface area contributed by atoms with Gasteiger partial charge in [-0.05, 0) is 93.2 Å². The van der Waals surface area contributed by atoms with Crippen molar-refractivity contribution in [3.8, 4) is 22.3 Å². The van der Waals surface area contributed by atoms with Gasteiger partial charge in [-0.15, -0.1) is 0 Å². The number of fused-ring (bicyclic) bond motifs is 6. The average molecular weight is 559 g/mol. The van der Waals surface area contributed by atoms with E-state index in [1.807, 2.05) is 0 Å². The summed E-state index contributed by atoms with van der Waals surface area (Å²) in [5.74, 6) is -0.188. The zero-order chi connectivity index (χ0) is 29.1. The molecule has 0 aliphatic heterocycles. The standard InChI is InChI=1S/C38H38O4/c1-25(29-15-9-17-33-31-13-5-3-11-27(31)23-35(29)33)21-37(39)41-19-7-8-20-42-38(40)22-26(2)30-16-10-18-34-32-14-6-4-12-28(32)24-36(30)34/h3-6,9-18,25-26H,7-8,19-24H2,1-2H3. The van der Waals surface area contributed by atoms with E-state index in [-0.39, 0.29) is 23.8 Å². The molecule has 0 amide bonds. The molecule has 0 radical (unpaired) electrons. The molecular weight excluding hydrogens is 520 g/mol. The Morgan fingerprint density at radius 1 is 0.571 bits per heavy atom. The normalized spacial score (nSPS) is 13.9. The van der Waals surface area contributed by atoms with E-state index in [4.69, 9.17) is 9.47 Å². The van der Waals surface area contributed by atoms with Gasteiger partial charge in [-0.25, -0.2) is 0 Å². The van der Waals surface area contributed by atoms with Gasteiger partial charge in [0.1, 0.15) is 0 Å². The molecule has 4 nitrogen and oxygen atoms in total. The summed E-state index contributed by atoms with van der Waals surface area (Å²) >= 11 is 0. The maximum atomic E-state index is 12.6. The number of rotatable bonds is 11. The van der Waals surface area contributed by atoms with Crippen molar-refractivity contribution < 1.29 is 19.1 Å². The highest BCUT2D eigenvalue weighted by molar-refractivity contribution is 5.80. The first kappa shape index (κ1) is 28.0. The van der Waals surface area contributed by atoms with Crippen LogP contribution in [0, 0.1) is 0 Å². The molecule has 4 heteroatoms. The third kappa shape index (κ3) is 5.76. The Morgan fingerprint density at radius 3 is 1.43 bits per heavy atom. The fourth-order valence-electron chi connectivity index (χ4n) is 6.70. The van der Waals surface area contributed by atoms with Crippen LogP contribution in [0.4, 0.5) is 0 Å². The molecule has 0 saturated carbocycles. The van der Waals surface area contributed by atoms with Crippen LogP contribution >= 0.6 is 0 Å². The van der Waals surface area contributed by atoms with E-state index in [0.717, 1.165) is 12.8 Å². The molecule has 6 rings (SSSR count). The lowest BCUT2D eigenvalue weighted by Gasteiger charge is -2.16. The molecule has 0 saturated heterocycles. The quantitative estimate of drug-likeness (QED) is 0.118. The number of ether oxygens (including phenoxy) is 2. The van der Waals surface area contributed by atoms with Crippen LogP contribution in [0.15, 0.2) is 84.9 Å². The second kappa shape index (κ2) is 12.4. The monoisotopic (exact) mass is 558 g/mol. The van der Waals surface area contributed by atoms with Crippen molar-refractivity contribution in [3.63, 3.8) is 0 Å². The molecule has 0 aromatic heterocycles. The third-order valence-corrected chi connectivity index (χ3v) is 8.85. The van der Waals surface area contributed by atoms with Crippen LogP contribution in [0.25, 0.3) is 22.3 Å². The van der Waals surface area contributed by atoms with Gasteiger partial charge < -0.3 is 9.47 Å². The zero-order valence-corrected chi connectivity index (χ0v) is 24.5. The van der Waals surface area contributed by atoms with Crippen LogP contribution in [-0.2, 0) is 31.9 Å². The molecule has 214 valence electrons. The predicted octanol–water partition coefficient (Wildman–Crippen LogP) is 8.38. The van der Waals surface area contributed by atoms with E-state index >= 15 is 0 Å².